The maximum atomic E-state index is 9.90. The molecule has 0 aromatic heterocycles. The average Bonchev–Trinajstić information content (AvgIpc) is 2.62. The van der Waals surface area contributed by atoms with E-state index in [1.165, 1.54) is 0 Å². The van der Waals surface area contributed by atoms with Gasteiger partial charge in [-0.25, -0.2) is 0 Å². The van der Waals surface area contributed by atoms with Crippen LogP contribution < -0.4 is 0 Å². The number of rotatable bonds is 10. The molecule has 0 bridgehead atoms. The molecule has 0 aliphatic heterocycles. The summed E-state index contributed by atoms with van der Waals surface area (Å²) in [7, 11) is 0. The number of hydrogen-bond donors (Lipinski definition) is 10. The third kappa shape index (κ3) is 11.1. The van der Waals surface area contributed by atoms with E-state index >= 15 is 0 Å². The first kappa shape index (κ1) is 29.4. The standard InChI is InChI=1S/2C6H12O6.Au/c2*7-1-3(9)5(11)6(12)4(10)2-8;/h2*1,3-6,8-12H,2H2;/t3-,4+,5+,6+;3-,4-,5-,6-;/m01./s1. The summed E-state index contributed by atoms with van der Waals surface area (Å²) in [5, 5.41) is 87.1. The van der Waals surface area contributed by atoms with E-state index in [0.29, 0.717) is 0 Å². The molecule has 0 aromatic rings. The Morgan fingerprint density at radius 1 is 0.560 bits per heavy atom. The third-order valence-electron chi connectivity index (χ3n) is 2.84. The molecule has 0 saturated carbocycles. The van der Waals surface area contributed by atoms with Crippen LogP contribution >= 0.6 is 0 Å². The van der Waals surface area contributed by atoms with E-state index in [-0.39, 0.29) is 35.0 Å². The summed E-state index contributed by atoms with van der Waals surface area (Å²) in [6.45, 7) is -1.52. The molecule has 10 N–H and O–H groups in total. The van der Waals surface area contributed by atoms with Crippen LogP contribution in [0.25, 0.3) is 0 Å². The monoisotopic (exact) mass is 557 g/mol. The van der Waals surface area contributed by atoms with Crippen molar-refractivity contribution >= 4 is 12.6 Å². The van der Waals surface area contributed by atoms with Crippen LogP contribution in [0.1, 0.15) is 0 Å². The third-order valence-corrected chi connectivity index (χ3v) is 2.84. The predicted molar refractivity (Wildman–Crippen MR) is 74.4 cm³/mol. The fourth-order valence-corrected chi connectivity index (χ4v) is 1.24. The number of aliphatic hydroxyl groups is 10. The van der Waals surface area contributed by atoms with Gasteiger partial charge in [0.1, 0.15) is 48.8 Å². The molecule has 0 unspecified atom stereocenters. The van der Waals surface area contributed by atoms with Gasteiger partial charge in [0.2, 0.25) is 0 Å². The van der Waals surface area contributed by atoms with Crippen molar-refractivity contribution in [2.24, 2.45) is 0 Å². The Morgan fingerprint density at radius 2 is 0.800 bits per heavy atom. The fourth-order valence-electron chi connectivity index (χ4n) is 1.24. The Morgan fingerprint density at radius 3 is 0.960 bits per heavy atom. The van der Waals surface area contributed by atoms with Crippen LogP contribution in [0.2, 0.25) is 0 Å². The molecule has 13 heteroatoms. The molecule has 0 aliphatic carbocycles. The summed E-state index contributed by atoms with van der Waals surface area (Å²) in [6.07, 6.45) is -13.7. The molecule has 0 amide bonds. The molecule has 25 heavy (non-hydrogen) atoms. The van der Waals surface area contributed by atoms with Gasteiger partial charge in [0.25, 0.3) is 0 Å². The van der Waals surface area contributed by atoms with E-state index in [1.54, 1.807) is 0 Å². The van der Waals surface area contributed by atoms with Crippen LogP contribution in [0, 0.1) is 0 Å². The number of carbonyl (C=O) groups excluding carboxylic acids is 2. The maximum absolute atomic E-state index is 9.90. The quantitative estimate of drug-likeness (QED) is 0.0892. The largest absolute Gasteiger partial charge is 0.394 e. The van der Waals surface area contributed by atoms with Crippen molar-refractivity contribution in [3.8, 4) is 0 Å². The Balaban J connectivity index is -0.000000372. The van der Waals surface area contributed by atoms with Crippen LogP contribution in [0.3, 0.4) is 0 Å². The molecule has 1 radical (unpaired) electrons. The first-order valence-corrected chi connectivity index (χ1v) is 6.65. The van der Waals surface area contributed by atoms with Gasteiger partial charge >= 0.3 is 0 Å². The van der Waals surface area contributed by atoms with E-state index in [4.69, 9.17) is 51.1 Å². The second-order valence-electron chi connectivity index (χ2n) is 4.72. The molecule has 0 heterocycles. The first-order valence-electron chi connectivity index (χ1n) is 6.65. The van der Waals surface area contributed by atoms with Gasteiger partial charge in [0.05, 0.1) is 13.2 Å². The van der Waals surface area contributed by atoms with Gasteiger partial charge in [-0.05, 0) is 0 Å². The summed E-state index contributed by atoms with van der Waals surface area (Å²) < 4.78 is 0. The van der Waals surface area contributed by atoms with Crippen molar-refractivity contribution in [3.63, 3.8) is 0 Å². The zero-order valence-corrected chi connectivity index (χ0v) is 14.9. The van der Waals surface area contributed by atoms with Gasteiger partial charge in [0, 0.05) is 22.4 Å². The van der Waals surface area contributed by atoms with Crippen molar-refractivity contribution in [2.75, 3.05) is 13.2 Å². The van der Waals surface area contributed by atoms with E-state index < -0.39 is 62.0 Å². The second kappa shape index (κ2) is 15.9. The normalized spacial score (nSPS) is 20.2. The molecule has 0 rings (SSSR count). The van der Waals surface area contributed by atoms with Gasteiger partial charge in [-0.3, -0.25) is 0 Å². The maximum Gasteiger partial charge on any atom is 0.151 e. The average molecular weight is 557 g/mol. The van der Waals surface area contributed by atoms with Crippen molar-refractivity contribution < 1.29 is 83.0 Å². The van der Waals surface area contributed by atoms with Crippen molar-refractivity contribution in [3.05, 3.63) is 0 Å². The Hall–Kier alpha value is -0.320. The van der Waals surface area contributed by atoms with Crippen LogP contribution in [0.5, 0.6) is 0 Å². The van der Waals surface area contributed by atoms with Gasteiger partial charge < -0.3 is 60.7 Å². The minimum atomic E-state index is -1.79. The molecule has 0 saturated heterocycles. The van der Waals surface area contributed by atoms with Crippen LogP contribution in [-0.4, -0.2) is 126 Å². The van der Waals surface area contributed by atoms with Gasteiger partial charge in [-0.15, -0.1) is 0 Å². The van der Waals surface area contributed by atoms with E-state index in [9.17, 15) is 9.59 Å². The molecule has 8 atom stereocenters. The van der Waals surface area contributed by atoms with Crippen LogP contribution in [0.4, 0.5) is 0 Å². The molecular formula is C12H24AuO12. The topological polar surface area (TPSA) is 236 Å². The van der Waals surface area contributed by atoms with Crippen LogP contribution in [-0.2, 0) is 32.0 Å². The van der Waals surface area contributed by atoms with Crippen molar-refractivity contribution in [1.29, 1.82) is 0 Å². The minimum Gasteiger partial charge on any atom is -0.394 e. The second-order valence-corrected chi connectivity index (χ2v) is 4.72. The fraction of sp³-hybridized carbons (Fsp3) is 0.833. The minimum absolute atomic E-state index is 0. The van der Waals surface area contributed by atoms with E-state index in [0.717, 1.165) is 0 Å². The summed E-state index contributed by atoms with van der Waals surface area (Å²) in [4.78, 5) is 19.8. The first-order chi connectivity index (χ1) is 11.1. The van der Waals surface area contributed by atoms with E-state index in [1.807, 2.05) is 0 Å². The van der Waals surface area contributed by atoms with E-state index in [2.05, 4.69) is 0 Å². The number of aldehydes is 2. The Bertz CT molecular complexity index is 314. The summed E-state index contributed by atoms with van der Waals surface area (Å²) in [5.41, 5.74) is 0. The van der Waals surface area contributed by atoms with Gasteiger partial charge in [-0.2, -0.15) is 0 Å². The van der Waals surface area contributed by atoms with Crippen molar-refractivity contribution in [2.45, 2.75) is 48.8 Å². The smallest absolute Gasteiger partial charge is 0.151 e. The SMILES string of the molecule is O=C[C@@H](O)[C@@H](O)[C@H](O)[C@H](O)CO.O=C[C@H](O)[C@@H](O)[C@H](O)[C@H](O)CO.[Au]. The predicted octanol–water partition coefficient (Wildman–Crippen LogP) is -6.76. The van der Waals surface area contributed by atoms with Gasteiger partial charge in [-0.1, -0.05) is 0 Å². The zero-order chi connectivity index (χ0) is 19.4. The summed E-state index contributed by atoms with van der Waals surface area (Å²) in [5.74, 6) is 0. The molecule has 0 spiro atoms. The van der Waals surface area contributed by atoms with Gasteiger partial charge in [0.15, 0.2) is 12.6 Å². The summed E-state index contributed by atoms with van der Waals surface area (Å²) >= 11 is 0. The Kier molecular flexibility index (Phi) is 18.7. The van der Waals surface area contributed by atoms with Crippen molar-refractivity contribution in [1.82, 2.24) is 0 Å². The van der Waals surface area contributed by atoms with Crippen LogP contribution in [0.15, 0.2) is 0 Å². The zero-order valence-electron chi connectivity index (χ0n) is 12.8. The molecule has 0 aliphatic rings. The molecule has 12 nitrogen and oxygen atoms in total. The number of aliphatic hydroxyl groups excluding tert-OH is 10. The molecular weight excluding hydrogens is 533 g/mol. The summed E-state index contributed by atoms with van der Waals surface area (Å²) in [6, 6.07) is 0. The Labute approximate surface area is 158 Å². The number of hydrogen-bond acceptors (Lipinski definition) is 12. The molecule has 0 fully saturated rings. The molecule has 155 valence electrons. The molecule has 0 aromatic carbocycles. The number of carbonyl (C=O) groups is 2.